The van der Waals surface area contributed by atoms with Crippen LogP contribution in [0.2, 0.25) is 0 Å². The van der Waals surface area contributed by atoms with E-state index in [2.05, 4.69) is 40.8 Å². The summed E-state index contributed by atoms with van der Waals surface area (Å²) in [6, 6.07) is 8.26. The number of aliphatic hydroxyl groups is 1. The molecule has 2 rings (SSSR count). The Bertz CT molecular complexity index is 314. The van der Waals surface area contributed by atoms with Gasteiger partial charge in [0.15, 0.2) is 0 Å². The van der Waals surface area contributed by atoms with Gasteiger partial charge >= 0.3 is 0 Å². The first-order chi connectivity index (χ1) is 6.75. The summed E-state index contributed by atoms with van der Waals surface area (Å²) in [6.45, 7) is 0.664. The van der Waals surface area contributed by atoms with Crippen molar-refractivity contribution in [1.82, 2.24) is 0 Å². The predicted octanol–water partition coefficient (Wildman–Crippen LogP) is 2.50. The minimum Gasteiger partial charge on any atom is -0.393 e. The van der Waals surface area contributed by atoms with E-state index in [9.17, 15) is 5.11 Å². The summed E-state index contributed by atoms with van der Waals surface area (Å²) in [4.78, 5) is 0. The lowest BCUT2D eigenvalue weighted by Gasteiger charge is -2.26. The highest BCUT2D eigenvalue weighted by molar-refractivity contribution is 14.1. The molecule has 0 aromatic heterocycles. The lowest BCUT2D eigenvalue weighted by molar-refractivity contribution is -0.0448. The van der Waals surface area contributed by atoms with Crippen LogP contribution < -0.4 is 0 Å². The van der Waals surface area contributed by atoms with Crippen LogP contribution in [0, 0.1) is 3.57 Å². The molecular formula is C11H13IO2. The van der Waals surface area contributed by atoms with Crippen molar-refractivity contribution in [3.63, 3.8) is 0 Å². The van der Waals surface area contributed by atoms with E-state index in [1.807, 2.05) is 6.07 Å². The Kier molecular flexibility index (Phi) is 3.41. The Morgan fingerprint density at radius 2 is 2.29 bits per heavy atom. The summed E-state index contributed by atoms with van der Waals surface area (Å²) in [5, 5.41) is 9.53. The fourth-order valence-corrected chi connectivity index (χ4v) is 2.29. The lowest BCUT2D eigenvalue weighted by Crippen LogP contribution is -2.23. The topological polar surface area (TPSA) is 29.5 Å². The first-order valence-corrected chi connectivity index (χ1v) is 5.89. The maximum absolute atomic E-state index is 9.53. The normalized spacial score (nSPS) is 27.6. The summed E-state index contributed by atoms with van der Waals surface area (Å²) in [6.07, 6.45) is 1.36. The first-order valence-electron chi connectivity index (χ1n) is 4.81. The summed E-state index contributed by atoms with van der Waals surface area (Å²) < 4.78 is 6.84. The van der Waals surface area contributed by atoms with E-state index in [-0.39, 0.29) is 12.2 Å². The predicted molar refractivity (Wildman–Crippen MR) is 63.1 cm³/mol. The van der Waals surface area contributed by atoms with Gasteiger partial charge in [-0.15, -0.1) is 0 Å². The second-order valence-electron chi connectivity index (χ2n) is 3.59. The quantitative estimate of drug-likeness (QED) is 0.808. The number of ether oxygens (including phenoxy) is 1. The van der Waals surface area contributed by atoms with E-state index in [1.165, 1.54) is 9.13 Å². The van der Waals surface area contributed by atoms with Gasteiger partial charge in [0, 0.05) is 16.6 Å². The van der Waals surface area contributed by atoms with Crippen LogP contribution >= 0.6 is 22.6 Å². The molecule has 1 aromatic carbocycles. The van der Waals surface area contributed by atoms with Gasteiger partial charge in [-0.05, 0) is 46.7 Å². The summed E-state index contributed by atoms with van der Waals surface area (Å²) >= 11 is 2.29. The SMILES string of the molecule is OC1CCOC(c2cccc(I)c2)C1. The average molecular weight is 304 g/mol. The van der Waals surface area contributed by atoms with Crippen LogP contribution in [0.5, 0.6) is 0 Å². The Balaban J connectivity index is 2.14. The standard InChI is InChI=1S/C11H13IO2/c12-9-3-1-2-8(6-9)11-7-10(13)4-5-14-11/h1-3,6,10-11,13H,4-5,7H2. The van der Waals surface area contributed by atoms with E-state index in [4.69, 9.17) is 4.74 Å². The fourth-order valence-electron chi connectivity index (χ4n) is 1.72. The lowest BCUT2D eigenvalue weighted by atomic mass is 10.00. The number of rotatable bonds is 1. The zero-order valence-electron chi connectivity index (χ0n) is 7.82. The molecule has 1 heterocycles. The zero-order chi connectivity index (χ0) is 9.97. The highest BCUT2D eigenvalue weighted by Crippen LogP contribution is 2.28. The van der Waals surface area contributed by atoms with Crippen LogP contribution in [0.3, 0.4) is 0 Å². The van der Waals surface area contributed by atoms with Gasteiger partial charge in [-0.2, -0.15) is 0 Å². The Hall–Kier alpha value is -0.130. The van der Waals surface area contributed by atoms with E-state index in [0.29, 0.717) is 6.61 Å². The number of benzene rings is 1. The van der Waals surface area contributed by atoms with Crippen molar-refractivity contribution < 1.29 is 9.84 Å². The maximum Gasteiger partial charge on any atom is 0.0849 e. The van der Waals surface area contributed by atoms with Crippen molar-refractivity contribution in [3.05, 3.63) is 33.4 Å². The Morgan fingerprint density at radius 3 is 3.00 bits per heavy atom. The minimum absolute atomic E-state index is 0.0773. The molecule has 0 saturated carbocycles. The second kappa shape index (κ2) is 4.59. The number of halogens is 1. The molecule has 0 aliphatic carbocycles. The molecule has 0 spiro atoms. The molecule has 1 fully saturated rings. The molecule has 14 heavy (non-hydrogen) atoms. The van der Waals surface area contributed by atoms with Gasteiger partial charge < -0.3 is 9.84 Å². The van der Waals surface area contributed by atoms with Gasteiger partial charge in [-0.25, -0.2) is 0 Å². The molecule has 3 heteroatoms. The molecule has 1 saturated heterocycles. The van der Waals surface area contributed by atoms with E-state index in [1.54, 1.807) is 0 Å². The molecule has 0 radical (unpaired) electrons. The van der Waals surface area contributed by atoms with Crippen LogP contribution in [0.15, 0.2) is 24.3 Å². The molecule has 0 bridgehead atoms. The molecule has 1 aliphatic heterocycles. The molecule has 1 aliphatic rings. The van der Waals surface area contributed by atoms with Gasteiger partial charge in [0.2, 0.25) is 0 Å². The van der Waals surface area contributed by atoms with E-state index >= 15 is 0 Å². The third-order valence-corrected chi connectivity index (χ3v) is 3.15. The van der Waals surface area contributed by atoms with Gasteiger partial charge in [0.1, 0.15) is 0 Å². The van der Waals surface area contributed by atoms with Crippen LogP contribution in [-0.4, -0.2) is 17.8 Å². The molecule has 76 valence electrons. The van der Waals surface area contributed by atoms with Crippen molar-refractivity contribution >= 4 is 22.6 Å². The first kappa shape index (κ1) is 10.4. The molecule has 2 atom stereocenters. The maximum atomic E-state index is 9.53. The summed E-state index contributed by atoms with van der Waals surface area (Å²) in [5.74, 6) is 0. The van der Waals surface area contributed by atoms with Crippen molar-refractivity contribution in [3.8, 4) is 0 Å². The van der Waals surface area contributed by atoms with Crippen LogP contribution in [0.4, 0.5) is 0 Å². The van der Waals surface area contributed by atoms with Crippen molar-refractivity contribution in [1.29, 1.82) is 0 Å². The number of hydrogen-bond donors (Lipinski definition) is 1. The average Bonchev–Trinajstić information content (AvgIpc) is 2.18. The monoisotopic (exact) mass is 304 g/mol. The zero-order valence-corrected chi connectivity index (χ0v) is 9.98. The van der Waals surface area contributed by atoms with Crippen LogP contribution in [0.25, 0.3) is 0 Å². The van der Waals surface area contributed by atoms with Crippen molar-refractivity contribution in [2.45, 2.75) is 25.0 Å². The van der Waals surface area contributed by atoms with E-state index in [0.717, 1.165) is 12.8 Å². The summed E-state index contributed by atoms with van der Waals surface area (Å²) in [7, 11) is 0. The number of hydrogen-bond acceptors (Lipinski definition) is 2. The molecular weight excluding hydrogens is 291 g/mol. The van der Waals surface area contributed by atoms with Crippen LogP contribution in [0.1, 0.15) is 24.5 Å². The van der Waals surface area contributed by atoms with Gasteiger partial charge in [-0.1, -0.05) is 12.1 Å². The summed E-state index contributed by atoms with van der Waals surface area (Å²) in [5.41, 5.74) is 1.18. The van der Waals surface area contributed by atoms with Gasteiger partial charge in [0.05, 0.1) is 12.2 Å². The van der Waals surface area contributed by atoms with Crippen molar-refractivity contribution in [2.24, 2.45) is 0 Å². The third kappa shape index (κ3) is 2.46. The van der Waals surface area contributed by atoms with Crippen molar-refractivity contribution in [2.75, 3.05) is 6.61 Å². The second-order valence-corrected chi connectivity index (χ2v) is 4.84. The highest BCUT2D eigenvalue weighted by atomic mass is 127. The van der Waals surface area contributed by atoms with E-state index < -0.39 is 0 Å². The Morgan fingerprint density at radius 1 is 1.43 bits per heavy atom. The fraction of sp³-hybridized carbons (Fsp3) is 0.455. The highest BCUT2D eigenvalue weighted by Gasteiger charge is 2.21. The molecule has 1 aromatic rings. The van der Waals surface area contributed by atoms with Crippen LogP contribution in [-0.2, 0) is 4.74 Å². The minimum atomic E-state index is -0.202. The van der Waals surface area contributed by atoms with Gasteiger partial charge in [0.25, 0.3) is 0 Å². The van der Waals surface area contributed by atoms with Gasteiger partial charge in [-0.3, -0.25) is 0 Å². The molecule has 2 unspecified atom stereocenters. The largest absolute Gasteiger partial charge is 0.393 e. The third-order valence-electron chi connectivity index (χ3n) is 2.48. The molecule has 1 N–H and O–H groups in total. The smallest absolute Gasteiger partial charge is 0.0849 e. The Labute approximate surface area is 97.4 Å². The molecule has 0 amide bonds. The molecule has 2 nitrogen and oxygen atoms in total. The number of aliphatic hydroxyl groups excluding tert-OH is 1.